The van der Waals surface area contributed by atoms with Gasteiger partial charge in [-0.15, -0.1) is 0 Å². The first kappa shape index (κ1) is 17.8. The fourth-order valence-corrected chi connectivity index (χ4v) is 4.40. The van der Waals surface area contributed by atoms with E-state index in [4.69, 9.17) is 4.84 Å². The second-order valence-electron chi connectivity index (χ2n) is 7.13. The molecular weight excluding hydrogens is 316 g/mol. The van der Waals surface area contributed by atoms with Crippen LogP contribution < -0.4 is 0 Å². The molecule has 0 radical (unpaired) electrons. The van der Waals surface area contributed by atoms with Gasteiger partial charge in [0.15, 0.2) is 5.78 Å². The maximum absolute atomic E-state index is 13.4. The molecule has 25 heavy (non-hydrogen) atoms. The monoisotopic (exact) mass is 342 g/mol. The highest BCUT2D eigenvalue weighted by Gasteiger charge is 2.58. The number of aryl methyl sites for hydroxylation is 2. The summed E-state index contributed by atoms with van der Waals surface area (Å²) < 4.78 is 0. The van der Waals surface area contributed by atoms with Crippen LogP contribution in [0.4, 0.5) is 0 Å². The molecule has 1 aromatic rings. The first-order chi connectivity index (χ1) is 11.9. The third kappa shape index (κ3) is 2.62. The van der Waals surface area contributed by atoms with Crippen LogP contribution in [0.25, 0.3) is 6.08 Å². The van der Waals surface area contributed by atoms with Gasteiger partial charge in [-0.25, -0.2) is 0 Å². The van der Waals surface area contributed by atoms with Gasteiger partial charge in [0.2, 0.25) is 5.91 Å². The van der Waals surface area contributed by atoms with Gasteiger partial charge in [-0.2, -0.15) is 5.06 Å². The normalized spacial score (nSPS) is 23.5. The van der Waals surface area contributed by atoms with E-state index in [9.17, 15) is 9.59 Å². The number of hydrogen-bond acceptors (Lipinski definition) is 4. The zero-order valence-corrected chi connectivity index (χ0v) is 15.5. The Labute approximate surface area is 149 Å². The highest BCUT2D eigenvalue weighted by atomic mass is 16.7. The summed E-state index contributed by atoms with van der Waals surface area (Å²) in [6, 6.07) is 4.02. The number of ketones is 1. The molecule has 0 aliphatic carbocycles. The summed E-state index contributed by atoms with van der Waals surface area (Å²) in [5.74, 6) is -0.815. The number of hydroxylamine groups is 2. The fraction of sp³-hybridized carbons (Fsp3) is 0.500. The predicted octanol–water partition coefficient (Wildman–Crippen LogP) is 2.47. The van der Waals surface area contributed by atoms with Crippen LogP contribution in [0.15, 0.2) is 18.7 Å². The molecule has 1 unspecified atom stereocenters. The molecule has 1 amide bonds. The van der Waals surface area contributed by atoms with Crippen molar-refractivity contribution in [1.29, 1.82) is 0 Å². The van der Waals surface area contributed by atoms with Crippen molar-refractivity contribution in [3.63, 3.8) is 0 Å². The minimum atomic E-state index is -0.729. The predicted molar refractivity (Wildman–Crippen MR) is 97.1 cm³/mol. The number of nitrogens with zero attached hydrogens (tertiary/aromatic N) is 2. The summed E-state index contributed by atoms with van der Waals surface area (Å²) in [7, 11) is 3.40. The molecule has 5 nitrogen and oxygen atoms in total. The molecule has 0 N–H and O–H groups in total. The van der Waals surface area contributed by atoms with Crippen LogP contribution in [0.2, 0.25) is 0 Å². The lowest BCUT2D eigenvalue weighted by Gasteiger charge is -2.41. The average molecular weight is 342 g/mol. The molecule has 1 aromatic carbocycles. The number of carbonyl (C=O) groups excluding carboxylic acids is 2. The van der Waals surface area contributed by atoms with E-state index in [-0.39, 0.29) is 11.7 Å². The second-order valence-corrected chi connectivity index (χ2v) is 7.13. The molecule has 2 saturated heterocycles. The Morgan fingerprint density at radius 1 is 1.24 bits per heavy atom. The summed E-state index contributed by atoms with van der Waals surface area (Å²) >= 11 is 0. The van der Waals surface area contributed by atoms with Gasteiger partial charge in [-0.1, -0.05) is 30.4 Å². The van der Waals surface area contributed by atoms with E-state index in [0.717, 1.165) is 22.3 Å². The first-order valence-electron chi connectivity index (χ1n) is 8.70. The van der Waals surface area contributed by atoms with Crippen molar-refractivity contribution >= 4 is 17.8 Å². The van der Waals surface area contributed by atoms with Crippen LogP contribution >= 0.6 is 0 Å². The van der Waals surface area contributed by atoms with Gasteiger partial charge in [0.05, 0.1) is 7.11 Å². The number of hydrogen-bond donors (Lipinski definition) is 0. The van der Waals surface area contributed by atoms with Gasteiger partial charge in [0.25, 0.3) is 0 Å². The Balaban J connectivity index is 2.04. The maximum atomic E-state index is 13.4. The summed E-state index contributed by atoms with van der Waals surface area (Å²) in [6.45, 7) is 9.15. The highest BCUT2D eigenvalue weighted by Crippen LogP contribution is 2.44. The Morgan fingerprint density at radius 2 is 1.88 bits per heavy atom. The lowest BCUT2D eigenvalue weighted by Crippen LogP contribution is -2.54. The molecule has 1 spiro atoms. The van der Waals surface area contributed by atoms with Crippen molar-refractivity contribution in [2.24, 2.45) is 0 Å². The molecule has 134 valence electrons. The number of benzene rings is 1. The van der Waals surface area contributed by atoms with Crippen LogP contribution in [0.3, 0.4) is 0 Å². The van der Waals surface area contributed by atoms with E-state index in [1.165, 1.54) is 0 Å². The molecule has 2 aliphatic rings. The third-order valence-corrected chi connectivity index (χ3v) is 5.82. The topological polar surface area (TPSA) is 49.9 Å². The largest absolute Gasteiger partial charge is 0.332 e. The number of likely N-dealkylation sites (tertiary alicyclic amines) is 1. The molecule has 0 saturated carbocycles. The van der Waals surface area contributed by atoms with Gasteiger partial charge in [-0.05, 0) is 43.4 Å². The van der Waals surface area contributed by atoms with Crippen LogP contribution in [-0.4, -0.2) is 54.4 Å². The Bertz CT molecular complexity index is 733. The lowest BCUT2D eigenvalue weighted by molar-refractivity contribution is -0.165. The summed E-state index contributed by atoms with van der Waals surface area (Å²) in [5, 5.41) is 1.84. The lowest BCUT2D eigenvalue weighted by atomic mass is 9.78. The SMILES string of the molecule is C=Cc1cc(C)cc(C)c1C1C(=O)N(C)C2(CCN(OC)CC2)C1=O. The smallest absolute Gasteiger partial charge is 0.238 e. The van der Waals surface area contributed by atoms with E-state index in [1.54, 1.807) is 25.1 Å². The van der Waals surface area contributed by atoms with Crippen LogP contribution in [-0.2, 0) is 14.4 Å². The molecule has 0 aromatic heterocycles. The zero-order valence-electron chi connectivity index (χ0n) is 15.5. The zero-order chi connectivity index (χ0) is 18.4. The Kier molecular flexibility index (Phi) is 4.56. The molecule has 3 rings (SSSR count). The minimum absolute atomic E-state index is 0.0193. The quantitative estimate of drug-likeness (QED) is 0.792. The van der Waals surface area contributed by atoms with Crippen molar-refractivity contribution in [3.05, 3.63) is 41.0 Å². The van der Waals surface area contributed by atoms with Gasteiger partial charge in [0.1, 0.15) is 11.5 Å². The summed E-state index contributed by atoms with van der Waals surface area (Å²) in [5.41, 5.74) is 3.05. The fourth-order valence-electron chi connectivity index (χ4n) is 4.40. The second kappa shape index (κ2) is 6.39. The van der Waals surface area contributed by atoms with Crippen molar-refractivity contribution in [3.8, 4) is 0 Å². The van der Waals surface area contributed by atoms with E-state index in [2.05, 4.69) is 6.58 Å². The Morgan fingerprint density at radius 3 is 2.44 bits per heavy atom. The van der Waals surface area contributed by atoms with Gasteiger partial charge in [0, 0.05) is 20.1 Å². The van der Waals surface area contributed by atoms with Crippen molar-refractivity contribution in [2.75, 3.05) is 27.2 Å². The van der Waals surface area contributed by atoms with Crippen LogP contribution in [0.1, 0.15) is 41.0 Å². The third-order valence-electron chi connectivity index (χ3n) is 5.82. The van der Waals surface area contributed by atoms with Crippen LogP contribution in [0.5, 0.6) is 0 Å². The summed E-state index contributed by atoms with van der Waals surface area (Å²) in [6.07, 6.45) is 2.95. The van der Waals surface area contributed by atoms with Crippen LogP contribution in [0, 0.1) is 13.8 Å². The minimum Gasteiger partial charge on any atom is -0.332 e. The molecule has 2 fully saturated rings. The Hall–Kier alpha value is -1.98. The average Bonchev–Trinajstić information content (AvgIpc) is 2.77. The molecular formula is C20H26N2O3. The number of carbonyl (C=O) groups is 2. The first-order valence-corrected chi connectivity index (χ1v) is 8.70. The maximum Gasteiger partial charge on any atom is 0.238 e. The van der Waals surface area contributed by atoms with Gasteiger partial charge < -0.3 is 9.74 Å². The number of likely N-dealkylation sites (N-methyl/N-ethyl adjacent to an activating group) is 1. The molecule has 5 heteroatoms. The van der Waals surface area contributed by atoms with E-state index in [1.807, 2.05) is 31.0 Å². The number of rotatable bonds is 3. The number of amides is 1. The number of Topliss-reactive ketones (excluding diaryl/α,β-unsaturated/α-hetero) is 1. The van der Waals surface area contributed by atoms with Crippen molar-refractivity contribution in [2.45, 2.75) is 38.1 Å². The standard InChI is InChI=1S/C20H26N2O3/c1-6-15-12-13(2)11-14(3)16(15)17-18(23)20(21(4)19(17)24)7-9-22(25-5)10-8-20/h6,11-12,17H,1,7-10H2,2-5H3. The van der Waals surface area contributed by atoms with E-state index < -0.39 is 11.5 Å². The van der Waals surface area contributed by atoms with E-state index in [0.29, 0.717) is 25.9 Å². The van der Waals surface area contributed by atoms with Gasteiger partial charge in [-0.3, -0.25) is 9.59 Å². The van der Waals surface area contributed by atoms with Crippen molar-refractivity contribution in [1.82, 2.24) is 9.96 Å². The summed E-state index contributed by atoms with van der Waals surface area (Å²) in [4.78, 5) is 33.5. The highest BCUT2D eigenvalue weighted by molar-refractivity contribution is 6.17. The molecule has 2 aliphatic heterocycles. The van der Waals surface area contributed by atoms with Crippen molar-refractivity contribution < 1.29 is 14.4 Å². The van der Waals surface area contributed by atoms with E-state index >= 15 is 0 Å². The molecule has 1 atom stereocenters. The molecule has 0 bridgehead atoms. The molecule has 2 heterocycles. The number of piperidine rings is 1. The van der Waals surface area contributed by atoms with Gasteiger partial charge >= 0.3 is 0 Å².